The van der Waals surface area contributed by atoms with Crippen molar-refractivity contribution in [3.63, 3.8) is 0 Å². The maximum Gasteiger partial charge on any atom is 0.335 e. The van der Waals surface area contributed by atoms with E-state index in [1.165, 1.54) is 12.1 Å². The molecule has 1 aromatic carbocycles. The number of rotatable bonds is 8. The Balaban J connectivity index is 2.35. The van der Waals surface area contributed by atoms with E-state index in [0.29, 0.717) is 18.9 Å². The van der Waals surface area contributed by atoms with Gasteiger partial charge in [0.15, 0.2) is 0 Å². The van der Waals surface area contributed by atoms with Crippen LogP contribution in [0.1, 0.15) is 49.5 Å². The number of carbonyl (C=O) groups excluding carboxylic acids is 1. The summed E-state index contributed by atoms with van der Waals surface area (Å²) in [7, 11) is 0. The molecule has 2 amide bonds. The fraction of sp³-hybridized carbons (Fsp3) is 0.529. The highest BCUT2D eigenvalue weighted by atomic mass is 16.4. The second-order valence-electron chi connectivity index (χ2n) is 6.47. The Hall–Kier alpha value is -2.08. The molecule has 1 aromatic rings. The van der Waals surface area contributed by atoms with Gasteiger partial charge in [-0.25, -0.2) is 9.59 Å². The van der Waals surface area contributed by atoms with Crippen molar-refractivity contribution in [3.8, 4) is 0 Å². The van der Waals surface area contributed by atoms with Gasteiger partial charge in [0.25, 0.3) is 0 Å². The third kappa shape index (κ3) is 7.65. The standard InChI is InChI=1S/C17H26N2O4/c1-12(2)8-9-17(3,23)11-19-16(22)18-10-13-4-6-14(7-5-13)15(20)21/h4-7,12,23H,8-11H2,1-3H3,(H,20,21)(H2,18,19,22). The molecule has 128 valence electrons. The Kier molecular flexibility index (Phi) is 7.03. The minimum absolute atomic E-state index is 0.184. The van der Waals surface area contributed by atoms with E-state index in [-0.39, 0.29) is 18.1 Å². The van der Waals surface area contributed by atoms with Gasteiger partial charge in [-0.3, -0.25) is 0 Å². The van der Waals surface area contributed by atoms with E-state index in [1.807, 2.05) is 0 Å². The number of urea groups is 1. The predicted molar refractivity (Wildman–Crippen MR) is 88.3 cm³/mol. The lowest BCUT2D eigenvalue weighted by Crippen LogP contribution is -2.44. The summed E-state index contributed by atoms with van der Waals surface area (Å²) in [6.45, 7) is 6.36. The molecule has 0 bridgehead atoms. The van der Waals surface area contributed by atoms with Crippen LogP contribution in [0.4, 0.5) is 4.79 Å². The fourth-order valence-electron chi connectivity index (χ4n) is 1.97. The van der Waals surface area contributed by atoms with Gasteiger partial charge in [-0.15, -0.1) is 0 Å². The van der Waals surface area contributed by atoms with E-state index >= 15 is 0 Å². The van der Waals surface area contributed by atoms with Crippen LogP contribution in [-0.2, 0) is 6.54 Å². The zero-order valence-corrected chi connectivity index (χ0v) is 13.9. The minimum atomic E-state index is -0.981. The summed E-state index contributed by atoms with van der Waals surface area (Å²) in [5, 5.41) is 24.3. The van der Waals surface area contributed by atoms with Gasteiger partial charge >= 0.3 is 12.0 Å². The molecule has 0 aliphatic carbocycles. The lowest BCUT2D eigenvalue weighted by atomic mass is 9.95. The zero-order valence-electron chi connectivity index (χ0n) is 13.9. The van der Waals surface area contributed by atoms with Gasteiger partial charge in [0, 0.05) is 13.1 Å². The monoisotopic (exact) mass is 322 g/mol. The van der Waals surface area contributed by atoms with Crippen LogP contribution in [0.25, 0.3) is 0 Å². The van der Waals surface area contributed by atoms with E-state index in [2.05, 4.69) is 24.5 Å². The third-order valence-electron chi connectivity index (χ3n) is 3.54. The summed E-state index contributed by atoms with van der Waals surface area (Å²) in [5.74, 6) is -0.477. The van der Waals surface area contributed by atoms with Crippen molar-refractivity contribution in [3.05, 3.63) is 35.4 Å². The first-order valence-corrected chi connectivity index (χ1v) is 7.76. The van der Waals surface area contributed by atoms with Crippen LogP contribution < -0.4 is 10.6 Å². The summed E-state index contributed by atoms with van der Waals surface area (Å²) < 4.78 is 0. The number of nitrogens with one attached hydrogen (secondary N) is 2. The van der Waals surface area contributed by atoms with Crippen molar-refractivity contribution in [1.29, 1.82) is 0 Å². The van der Waals surface area contributed by atoms with Gasteiger partial charge < -0.3 is 20.8 Å². The van der Waals surface area contributed by atoms with Gasteiger partial charge in [-0.2, -0.15) is 0 Å². The normalized spacial score (nSPS) is 13.4. The number of carbonyl (C=O) groups is 2. The Labute approximate surface area is 136 Å². The third-order valence-corrected chi connectivity index (χ3v) is 3.54. The van der Waals surface area contributed by atoms with Crippen molar-refractivity contribution in [2.45, 2.75) is 45.8 Å². The SMILES string of the molecule is CC(C)CCC(C)(O)CNC(=O)NCc1ccc(C(=O)O)cc1. The molecular weight excluding hydrogens is 296 g/mol. The summed E-state index contributed by atoms with van der Waals surface area (Å²) in [6.07, 6.45) is 1.52. The molecule has 0 spiro atoms. The molecule has 4 N–H and O–H groups in total. The van der Waals surface area contributed by atoms with Gasteiger partial charge in [-0.05, 0) is 43.4 Å². The van der Waals surface area contributed by atoms with Crippen LogP contribution in [0.2, 0.25) is 0 Å². The summed E-state index contributed by atoms with van der Waals surface area (Å²) >= 11 is 0. The van der Waals surface area contributed by atoms with Crippen molar-refractivity contribution in [2.24, 2.45) is 5.92 Å². The molecule has 0 saturated heterocycles. The van der Waals surface area contributed by atoms with E-state index in [4.69, 9.17) is 5.11 Å². The number of hydrogen-bond acceptors (Lipinski definition) is 3. The van der Waals surface area contributed by atoms with Crippen LogP contribution in [0.3, 0.4) is 0 Å². The number of benzene rings is 1. The topological polar surface area (TPSA) is 98.7 Å². The second-order valence-corrected chi connectivity index (χ2v) is 6.47. The molecule has 0 heterocycles. The van der Waals surface area contributed by atoms with E-state index in [9.17, 15) is 14.7 Å². The molecule has 23 heavy (non-hydrogen) atoms. The predicted octanol–water partition coefficient (Wildman–Crippen LogP) is 2.37. The Morgan fingerprint density at radius 3 is 2.30 bits per heavy atom. The van der Waals surface area contributed by atoms with E-state index in [1.54, 1.807) is 19.1 Å². The largest absolute Gasteiger partial charge is 0.478 e. The fourth-order valence-corrected chi connectivity index (χ4v) is 1.97. The van der Waals surface area contributed by atoms with Crippen LogP contribution in [0.15, 0.2) is 24.3 Å². The van der Waals surface area contributed by atoms with Gasteiger partial charge in [0.05, 0.1) is 11.2 Å². The van der Waals surface area contributed by atoms with Crippen LogP contribution in [0.5, 0.6) is 0 Å². The lowest BCUT2D eigenvalue weighted by Gasteiger charge is -2.24. The average molecular weight is 322 g/mol. The van der Waals surface area contributed by atoms with Crippen molar-refractivity contribution >= 4 is 12.0 Å². The molecule has 0 aliphatic heterocycles. The molecule has 6 nitrogen and oxygen atoms in total. The Bertz CT molecular complexity index is 524. The maximum absolute atomic E-state index is 11.7. The molecular formula is C17H26N2O4. The summed E-state index contributed by atoms with van der Waals surface area (Å²) in [6, 6.07) is 5.93. The Morgan fingerprint density at radius 1 is 1.17 bits per heavy atom. The molecule has 0 aliphatic rings. The highest BCUT2D eigenvalue weighted by Crippen LogP contribution is 2.15. The van der Waals surface area contributed by atoms with Crippen molar-refractivity contribution < 1.29 is 19.8 Å². The van der Waals surface area contributed by atoms with Crippen LogP contribution >= 0.6 is 0 Å². The molecule has 0 fully saturated rings. The number of hydrogen-bond donors (Lipinski definition) is 4. The molecule has 1 rings (SSSR count). The van der Waals surface area contributed by atoms with Crippen LogP contribution in [0, 0.1) is 5.92 Å². The van der Waals surface area contributed by atoms with E-state index < -0.39 is 11.6 Å². The summed E-state index contributed by atoms with van der Waals surface area (Å²) in [5.41, 5.74) is 0.0844. The number of carboxylic acids is 1. The molecule has 1 atom stereocenters. The first kappa shape index (κ1) is 19.0. The quantitative estimate of drug-likeness (QED) is 0.590. The van der Waals surface area contributed by atoms with Crippen LogP contribution in [-0.4, -0.2) is 34.4 Å². The molecule has 0 saturated carbocycles. The number of aromatic carboxylic acids is 1. The zero-order chi connectivity index (χ0) is 17.5. The smallest absolute Gasteiger partial charge is 0.335 e. The number of carboxylic acid groups (broad SMARTS) is 1. The molecule has 0 radical (unpaired) electrons. The highest BCUT2D eigenvalue weighted by Gasteiger charge is 2.21. The van der Waals surface area contributed by atoms with Crippen molar-refractivity contribution in [2.75, 3.05) is 6.54 Å². The number of amides is 2. The molecule has 1 unspecified atom stereocenters. The second kappa shape index (κ2) is 8.53. The first-order chi connectivity index (χ1) is 10.7. The Morgan fingerprint density at radius 2 is 1.78 bits per heavy atom. The van der Waals surface area contributed by atoms with Gasteiger partial charge in [0.2, 0.25) is 0 Å². The highest BCUT2D eigenvalue weighted by molar-refractivity contribution is 5.87. The van der Waals surface area contributed by atoms with Gasteiger partial charge in [-0.1, -0.05) is 26.0 Å². The minimum Gasteiger partial charge on any atom is -0.478 e. The lowest BCUT2D eigenvalue weighted by molar-refractivity contribution is 0.0476. The maximum atomic E-state index is 11.7. The summed E-state index contributed by atoms with van der Waals surface area (Å²) in [4.78, 5) is 22.5. The number of aliphatic hydroxyl groups is 1. The molecule has 0 aromatic heterocycles. The first-order valence-electron chi connectivity index (χ1n) is 7.76. The van der Waals surface area contributed by atoms with E-state index in [0.717, 1.165) is 12.0 Å². The van der Waals surface area contributed by atoms with Crippen molar-refractivity contribution in [1.82, 2.24) is 10.6 Å². The van der Waals surface area contributed by atoms with Gasteiger partial charge in [0.1, 0.15) is 0 Å². The average Bonchev–Trinajstić information content (AvgIpc) is 2.49. The molecule has 6 heteroatoms.